The number of halogens is 1. The third-order valence-electron chi connectivity index (χ3n) is 2.69. The first-order valence-electron chi connectivity index (χ1n) is 4.97. The predicted molar refractivity (Wildman–Crippen MR) is 54.5 cm³/mol. The van der Waals surface area contributed by atoms with Crippen LogP contribution in [-0.4, -0.2) is 38.1 Å². The molecule has 0 aromatic carbocycles. The topological polar surface area (TPSA) is 111 Å². The number of hydrogen-bond acceptors (Lipinski definition) is 6. The molecule has 1 saturated heterocycles. The molecule has 0 bridgehead atoms. The SMILES string of the molecule is C[C@H]1O[C@@H](n2cc(F)c(N)nc2=O)C(O)C1O. The standard InChI is InChI=1S/C9H12FN3O4/c1-3-5(14)6(15)8(17-3)13-2-4(10)7(11)12-9(13)16/h2-3,5-6,8,14-15H,1H3,(H2,11,12,16)/t3-,5?,6?,8-/m1/s1. The highest BCUT2D eigenvalue weighted by atomic mass is 19.1. The summed E-state index contributed by atoms with van der Waals surface area (Å²) in [5, 5.41) is 19.1. The molecule has 0 saturated carbocycles. The van der Waals surface area contributed by atoms with Crippen molar-refractivity contribution in [3.63, 3.8) is 0 Å². The molecule has 94 valence electrons. The van der Waals surface area contributed by atoms with Gasteiger partial charge in [-0.05, 0) is 6.92 Å². The van der Waals surface area contributed by atoms with Crippen LogP contribution in [0.4, 0.5) is 10.2 Å². The zero-order valence-electron chi connectivity index (χ0n) is 8.95. The van der Waals surface area contributed by atoms with E-state index in [0.29, 0.717) is 0 Å². The number of aliphatic hydroxyl groups excluding tert-OH is 2. The molecule has 0 aliphatic carbocycles. The highest BCUT2D eigenvalue weighted by Crippen LogP contribution is 2.28. The number of ether oxygens (including phenoxy) is 1. The summed E-state index contributed by atoms with van der Waals surface area (Å²) in [6, 6.07) is 0. The fourth-order valence-corrected chi connectivity index (χ4v) is 1.70. The van der Waals surface area contributed by atoms with Gasteiger partial charge in [0.15, 0.2) is 17.9 Å². The van der Waals surface area contributed by atoms with Crippen LogP contribution in [0.3, 0.4) is 0 Å². The zero-order valence-corrected chi connectivity index (χ0v) is 8.95. The van der Waals surface area contributed by atoms with Gasteiger partial charge in [-0.25, -0.2) is 9.18 Å². The Bertz CT molecular complexity index is 492. The van der Waals surface area contributed by atoms with Gasteiger partial charge in [0.1, 0.15) is 12.2 Å². The van der Waals surface area contributed by atoms with Gasteiger partial charge >= 0.3 is 5.69 Å². The third kappa shape index (κ3) is 1.90. The summed E-state index contributed by atoms with van der Waals surface area (Å²) >= 11 is 0. The molecule has 0 radical (unpaired) electrons. The monoisotopic (exact) mass is 245 g/mol. The van der Waals surface area contributed by atoms with Crippen molar-refractivity contribution in [2.75, 3.05) is 5.73 Å². The van der Waals surface area contributed by atoms with Gasteiger partial charge < -0.3 is 20.7 Å². The minimum atomic E-state index is -1.33. The lowest BCUT2D eigenvalue weighted by Crippen LogP contribution is -2.35. The Morgan fingerprint density at radius 2 is 2.18 bits per heavy atom. The van der Waals surface area contributed by atoms with E-state index in [1.165, 1.54) is 6.92 Å². The van der Waals surface area contributed by atoms with E-state index in [1.807, 2.05) is 0 Å². The Kier molecular flexibility index (Phi) is 2.86. The van der Waals surface area contributed by atoms with E-state index >= 15 is 0 Å². The first kappa shape index (κ1) is 12.0. The smallest absolute Gasteiger partial charge is 0.351 e. The van der Waals surface area contributed by atoms with Gasteiger partial charge in [-0.1, -0.05) is 0 Å². The summed E-state index contributed by atoms with van der Waals surface area (Å²) in [5.41, 5.74) is 4.27. The number of anilines is 1. The number of rotatable bonds is 1. The Hall–Kier alpha value is -1.51. The molecular formula is C9H12FN3O4. The van der Waals surface area contributed by atoms with Crippen molar-refractivity contribution in [3.05, 3.63) is 22.5 Å². The molecule has 1 aromatic rings. The normalized spacial score (nSPS) is 32.9. The Labute approximate surface area is 95.3 Å². The van der Waals surface area contributed by atoms with Crippen LogP contribution in [0.5, 0.6) is 0 Å². The van der Waals surface area contributed by atoms with Crippen LogP contribution in [-0.2, 0) is 4.74 Å². The molecule has 1 aliphatic rings. The van der Waals surface area contributed by atoms with E-state index in [-0.39, 0.29) is 0 Å². The second-order valence-electron chi connectivity index (χ2n) is 3.88. The van der Waals surface area contributed by atoms with Crippen molar-refractivity contribution in [1.29, 1.82) is 0 Å². The fraction of sp³-hybridized carbons (Fsp3) is 0.556. The maximum Gasteiger partial charge on any atom is 0.351 e. The summed E-state index contributed by atoms with van der Waals surface area (Å²) in [7, 11) is 0. The van der Waals surface area contributed by atoms with E-state index < -0.39 is 41.9 Å². The Morgan fingerprint density at radius 1 is 1.53 bits per heavy atom. The highest BCUT2D eigenvalue weighted by Gasteiger charge is 2.41. The minimum Gasteiger partial charge on any atom is -0.388 e. The largest absolute Gasteiger partial charge is 0.388 e. The van der Waals surface area contributed by atoms with Crippen molar-refractivity contribution >= 4 is 5.82 Å². The lowest BCUT2D eigenvalue weighted by Gasteiger charge is -2.17. The lowest BCUT2D eigenvalue weighted by atomic mass is 10.1. The van der Waals surface area contributed by atoms with E-state index in [4.69, 9.17) is 10.5 Å². The van der Waals surface area contributed by atoms with E-state index in [9.17, 15) is 19.4 Å². The molecule has 2 unspecified atom stereocenters. The predicted octanol–water partition coefficient (Wildman–Crippen LogP) is -1.40. The molecule has 1 fully saturated rings. The number of nitrogens with zero attached hydrogens (tertiary/aromatic N) is 2. The Balaban J connectivity index is 2.42. The number of hydrogen-bond donors (Lipinski definition) is 3. The Morgan fingerprint density at radius 3 is 2.71 bits per heavy atom. The van der Waals surface area contributed by atoms with Crippen molar-refractivity contribution in [1.82, 2.24) is 9.55 Å². The molecular weight excluding hydrogens is 233 g/mol. The quantitative estimate of drug-likeness (QED) is 0.561. The molecule has 2 rings (SSSR count). The van der Waals surface area contributed by atoms with Crippen LogP contribution < -0.4 is 11.4 Å². The maximum atomic E-state index is 13.2. The van der Waals surface area contributed by atoms with Crippen LogP contribution in [0.25, 0.3) is 0 Å². The van der Waals surface area contributed by atoms with E-state index in [0.717, 1.165) is 10.8 Å². The van der Waals surface area contributed by atoms with Crippen molar-refractivity contribution in [2.45, 2.75) is 31.5 Å². The number of nitrogens with two attached hydrogens (primary N) is 1. The molecule has 4 N–H and O–H groups in total. The van der Waals surface area contributed by atoms with Crippen LogP contribution in [0, 0.1) is 5.82 Å². The molecule has 1 aliphatic heterocycles. The van der Waals surface area contributed by atoms with Gasteiger partial charge in [0.2, 0.25) is 0 Å². The van der Waals surface area contributed by atoms with Crippen molar-refractivity contribution in [3.8, 4) is 0 Å². The number of aromatic nitrogens is 2. The van der Waals surface area contributed by atoms with Crippen LogP contribution >= 0.6 is 0 Å². The van der Waals surface area contributed by atoms with Gasteiger partial charge in [0.25, 0.3) is 0 Å². The van der Waals surface area contributed by atoms with Gasteiger partial charge in [0, 0.05) is 0 Å². The summed E-state index contributed by atoms with van der Waals surface area (Å²) in [4.78, 5) is 14.7. The van der Waals surface area contributed by atoms with Gasteiger partial charge in [0.05, 0.1) is 12.3 Å². The summed E-state index contributed by atoms with van der Waals surface area (Å²) in [6.45, 7) is 1.53. The molecule has 8 heteroatoms. The van der Waals surface area contributed by atoms with Crippen LogP contribution in [0.2, 0.25) is 0 Å². The van der Waals surface area contributed by atoms with Gasteiger partial charge in [-0.3, -0.25) is 4.57 Å². The van der Waals surface area contributed by atoms with Gasteiger partial charge in [-0.2, -0.15) is 4.98 Å². The second-order valence-corrected chi connectivity index (χ2v) is 3.88. The lowest BCUT2D eigenvalue weighted by molar-refractivity contribution is -0.0355. The maximum absolute atomic E-state index is 13.2. The summed E-state index contributed by atoms with van der Waals surface area (Å²) < 4.78 is 19.1. The number of aliphatic hydroxyl groups is 2. The second kappa shape index (κ2) is 4.06. The van der Waals surface area contributed by atoms with Crippen LogP contribution in [0.15, 0.2) is 11.0 Å². The molecule has 1 aromatic heterocycles. The van der Waals surface area contributed by atoms with Crippen molar-refractivity contribution in [2.24, 2.45) is 0 Å². The molecule has 17 heavy (non-hydrogen) atoms. The molecule has 0 amide bonds. The third-order valence-corrected chi connectivity index (χ3v) is 2.69. The molecule has 0 spiro atoms. The molecule has 4 atom stereocenters. The minimum absolute atomic E-state index is 0.521. The average Bonchev–Trinajstić information content (AvgIpc) is 2.51. The summed E-state index contributed by atoms with van der Waals surface area (Å²) in [5.74, 6) is -1.42. The van der Waals surface area contributed by atoms with E-state index in [2.05, 4.69) is 4.98 Å². The molecule has 2 heterocycles. The molecule has 7 nitrogen and oxygen atoms in total. The first-order valence-corrected chi connectivity index (χ1v) is 4.97. The number of nitrogen functional groups attached to an aromatic ring is 1. The zero-order chi connectivity index (χ0) is 12.7. The van der Waals surface area contributed by atoms with Gasteiger partial charge in [-0.15, -0.1) is 0 Å². The van der Waals surface area contributed by atoms with Crippen LogP contribution in [0.1, 0.15) is 13.2 Å². The highest BCUT2D eigenvalue weighted by molar-refractivity contribution is 5.26. The first-order chi connectivity index (χ1) is 7.91. The average molecular weight is 245 g/mol. The van der Waals surface area contributed by atoms with E-state index in [1.54, 1.807) is 0 Å². The fourth-order valence-electron chi connectivity index (χ4n) is 1.70. The summed E-state index contributed by atoms with van der Waals surface area (Å²) in [6.07, 6.45) is -3.51. The van der Waals surface area contributed by atoms with Crippen molar-refractivity contribution < 1.29 is 19.3 Å².